The minimum Gasteiger partial charge on any atom is -0.448 e. The van der Waals surface area contributed by atoms with Gasteiger partial charge in [-0.25, -0.2) is 22.6 Å². The van der Waals surface area contributed by atoms with Crippen molar-refractivity contribution in [3.8, 4) is 16.9 Å². The van der Waals surface area contributed by atoms with Crippen molar-refractivity contribution in [3.63, 3.8) is 0 Å². The fourth-order valence-electron chi connectivity index (χ4n) is 4.19. The lowest BCUT2D eigenvalue weighted by atomic mass is 10.1. The number of aryl methyl sites for hydroxylation is 1. The van der Waals surface area contributed by atoms with Gasteiger partial charge in [0.25, 0.3) is 16.8 Å². The number of carbonyl (C=O) groups is 2. The summed E-state index contributed by atoms with van der Waals surface area (Å²) in [5, 5.41) is 12.6. The first kappa shape index (κ1) is 33.2. The number of aromatic nitrogens is 2. The minimum absolute atomic E-state index is 0.0954. The summed E-state index contributed by atoms with van der Waals surface area (Å²) in [5.74, 6) is -0.902. The molecular formula is C28H31F3N6O7S. The average molecular weight is 653 g/mol. The molecule has 1 fully saturated rings. The maximum Gasteiger partial charge on any atom is 0.435 e. The highest BCUT2D eigenvalue weighted by Gasteiger charge is 2.35. The number of esters is 1. The van der Waals surface area contributed by atoms with Gasteiger partial charge in [0.05, 0.1) is 28.8 Å². The lowest BCUT2D eigenvalue weighted by molar-refractivity contribution is -0.161. The molecule has 1 atom stereocenters. The lowest BCUT2D eigenvalue weighted by Gasteiger charge is -2.13. The van der Waals surface area contributed by atoms with Crippen LogP contribution >= 0.6 is 0 Å². The maximum atomic E-state index is 13.5. The van der Waals surface area contributed by atoms with Crippen LogP contribution in [0.3, 0.4) is 0 Å². The van der Waals surface area contributed by atoms with Gasteiger partial charge < -0.3 is 14.3 Å². The van der Waals surface area contributed by atoms with Crippen LogP contribution in [0.5, 0.6) is 0 Å². The minimum atomic E-state index is -4.70. The Labute approximate surface area is 256 Å². The van der Waals surface area contributed by atoms with E-state index in [1.165, 1.54) is 12.1 Å². The number of sulfonamides is 1. The van der Waals surface area contributed by atoms with Gasteiger partial charge in [-0.1, -0.05) is 43.7 Å². The van der Waals surface area contributed by atoms with Crippen LogP contribution < -0.4 is 4.72 Å². The second kappa shape index (κ2) is 14.0. The largest absolute Gasteiger partial charge is 0.448 e. The molecule has 0 spiro atoms. The van der Waals surface area contributed by atoms with E-state index in [0.29, 0.717) is 25.1 Å². The van der Waals surface area contributed by atoms with Gasteiger partial charge in [-0.15, -0.1) is 0 Å². The van der Waals surface area contributed by atoms with Crippen LogP contribution in [0.1, 0.15) is 31.5 Å². The molecule has 1 aliphatic rings. The Morgan fingerprint density at radius 3 is 2.42 bits per heavy atom. The number of alkyl halides is 3. The molecule has 0 bridgehead atoms. The molecule has 1 N–H and O–H groups in total. The zero-order chi connectivity index (χ0) is 32.8. The highest BCUT2D eigenvalue weighted by Crippen LogP contribution is 2.33. The molecule has 1 unspecified atom stereocenters. The van der Waals surface area contributed by atoms with Crippen LogP contribution in [0.4, 0.5) is 18.0 Å². The number of amides is 1. The number of rotatable bonds is 11. The molecule has 13 nitrogen and oxygen atoms in total. The Morgan fingerprint density at radius 1 is 1.09 bits per heavy atom. The molecule has 2 aromatic carbocycles. The van der Waals surface area contributed by atoms with Crippen molar-refractivity contribution in [3.05, 3.63) is 65.9 Å². The fourth-order valence-corrected chi connectivity index (χ4v) is 5.08. The maximum absolute atomic E-state index is 13.5. The van der Waals surface area contributed by atoms with Crippen molar-refractivity contribution >= 4 is 22.1 Å². The highest BCUT2D eigenvalue weighted by molar-refractivity contribution is 7.90. The number of ether oxygens (including phenoxy) is 2. The Hall–Kier alpha value is -4.67. The molecule has 3 aromatic rings. The summed E-state index contributed by atoms with van der Waals surface area (Å²) in [7, 11) is -4.36. The molecule has 242 valence electrons. The van der Waals surface area contributed by atoms with Gasteiger partial charge in [0.15, 0.2) is 5.69 Å². The molecule has 45 heavy (non-hydrogen) atoms. The number of nitrogens with one attached hydrogen (secondary N) is 1. The smallest absolute Gasteiger partial charge is 0.435 e. The van der Waals surface area contributed by atoms with E-state index < -0.39 is 34.0 Å². The topological polar surface area (TPSA) is 154 Å². The molecule has 1 aromatic heterocycles. The van der Waals surface area contributed by atoms with E-state index in [0.717, 1.165) is 28.4 Å². The van der Waals surface area contributed by atoms with Crippen molar-refractivity contribution in [1.82, 2.24) is 19.5 Å². The predicted octanol–water partition coefficient (Wildman–Crippen LogP) is 5.06. The summed E-state index contributed by atoms with van der Waals surface area (Å²) in [5.41, 5.74) is 0.628. The molecule has 0 aliphatic carbocycles. The molecule has 4 rings (SSSR count). The number of nitrogens with zero attached hydrogens (tertiary/aromatic N) is 5. The molecule has 0 radical (unpaired) electrons. The monoisotopic (exact) mass is 652 g/mol. The summed E-state index contributed by atoms with van der Waals surface area (Å²) >= 11 is 0. The Bertz CT molecular complexity index is 1630. The van der Waals surface area contributed by atoms with Gasteiger partial charge >= 0.3 is 18.2 Å². The van der Waals surface area contributed by atoms with Gasteiger partial charge in [-0.05, 0) is 48.9 Å². The summed E-state index contributed by atoms with van der Waals surface area (Å²) in [6, 6.07) is 12.6. The van der Waals surface area contributed by atoms with E-state index in [1.807, 2.05) is 11.6 Å². The zero-order valence-electron chi connectivity index (χ0n) is 24.5. The first-order valence-corrected chi connectivity index (χ1v) is 15.2. The van der Waals surface area contributed by atoms with E-state index in [-0.39, 0.29) is 41.5 Å². The summed E-state index contributed by atoms with van der Waals surface area (Å²) in [6.07, 6.45) is -5.31. The van der Waals surface area contributed by atoms with E-state index in [1.54, 1.807) is 43.1 Å². The highest BCUT2D eigenvalue weighted by atomic mass is 32.2. The van der Waals surface area contributed by atoms with E-state index in [4.69, 9.17) is 14.3 Å². The molecule has 0 saturated carbocycles. The Kier molecular flexibility index (Phi) is 10.3. The summed E-state index contributed by atoms with van der Waals surface area (Å²) < 4.78 is 78.8. The van der Waals surface area contributed by atoms with Crippen molar-refractivity contribution in [2.45, 2.75) is 38.3 Å². The van der Waals surface area contributed by atoms with E-state index >= 15 is 0 Å². The summed E-state index contributed by atoms with van der Waals surface area (Å²) in [4.78, 5) is 28.1. The van der Waals surface area contributed by atoms with Gasteiger partial charge in [-0.2, -0.15) is 18.3 Å². The third-order valence-electron chi connectivity index (χ3n) is 6.62. The second-order valence-corrected chi connectivity index (χ2v) is 12.2. The van der Waals surface area contributed by atoms with Crippen LogP contribution in [0.2, 0.25) is 0 Å². The number of carbonyl (C=O) groups excluding carboxylic acids is 2. The van der Waals surface area contributed by atoms with E-state index in [2.05, 4.69) is 15.6 Å². The number of hydrogen-bond acceptors (Lipinski definition) is 10. The quantitative estimate of drug-likeness (QED) is 0.0985. The predicted molar refractivity (Wildman–Crippen MR) is 152 cm³/mol. The Balaban J connectivity index is 1.32. The second-order valence-electron chi connectivity index (χ2n) is 10.5. The number of benzene rings is 2. The average Bonchev–Trinajstić information content (AvgIpc) is 3.64. The molecular weight excluding hydrogens is 621 g/mol. The summed E-state index contributed by atoms with van der Waals surface area (Å²) in [6.45, 7) is 5.55. The third-order valence-corrected chi connectivity index (χ3v) is 7.95. The van der Waals surface area contributed by atoms with Crippen molar-refractivity contribution in [2.24, 2.45) is 22.3 Å². The fraction of sp³-hybridized carbons (Fsp3) is 0.393. The van der Waals surface area contributed by atoms with Crippen molar-refractivity contribution in [2.75, 3.05) is 26.5 Å². The van der Waals surface area contributed by atoms with E-state index in [9.17, 15) is 31.2 Å². The zero-order valence-corrected chi connectivity index (χ0v) is 25.3. The molecule has 17 heteroatoms. The van der Waals surface area contributed by atoms with Crippen LogP contribution in [0.25, 0.3) is 16.9 Å². The number of hydrogen-bond donors (Lipinski definition) is 1. The standard InChI is InChI=1S/C28H31F3N6O7S/c1-18(2)26(38)43-17-44-35-34-36-13-12-20(15-36)16-42-27(39)33-45(40,41)23-10-8-22(9-11-23)37-24(14-25(32-37)28(29,30)31)21-6-4-19(3)5-7-21/h4-11,14,18,20H,12-13,15-17H2,1-3H3,(H,33,39). The van der Waals surface area contributed by atoms with Crippen molar-refractivity contribution < 1.29 is 45.5 Å². The molecule has 1 amide bonds. The van der Waals surface area contributed by atoms with Gasteiger partial charge in [0.1, 0.15) is 0 Å². The first-order valence-electron chi connectivity index (χ1n) is 13.7. The van der Waals surface area contributed by atoms with Crippen LogP contribution in [-0.4, -0.2) is 61.8 Å². The first-order chi connectivity index (χ1) is 21.2. The van der Waals surface area contributed by atoms with Crippen LogP contribution in [0.15, 0.2) is 70.0 Å². The van der Waals surface area contributed by atoms with Crippen molar-refractivity contribution in [1.29, 1.82) is 0 Å². The van der Waals surface area contributed by atoms with Crippen LogP contribution in [-0.2, 0) is 35.3 Å². The normalized spacial score (nSPS) is 15.4. The number of halogens is 3. The van der Waals surface area contributed by atoms with Gasteiger partial charge in [-0.3, -0.25) is 9.80 Å². The molecule has 1 aliphatic heterocycles. The van der Waals surface area contributed by atoms with Gasteiger partial charge in [0, 0.05) is 29.8 Å². The van der Waals surface area contributed by atoms with Crippen LogP contribution in [0, 0.1) is 18.8 Å². The molecule has 2 heterocycles. The SMILES string of the molecule is Cc1ccc(-c2cc(C(F)(F)F)nn2-c2ccc(S(=O)(=O)NC(=O)OCC3CCN(N=NOCOC(=O)C(C)C)C3)cc2)cc1. The lowest BCUT2D eigenvalue weighted by Crippen LogP contribution is -2.32. The molecule has 1 saturated heterocycles. The third kappa shape index (κ3) is 8.93. The Morgan fingerprint density at radius 2 is 1.78 bits per heavy atom. The van der Waals surface area contributed by atoms with Gasteiger partial charge in [0.2, 0.25) is 0 Å².